The van der Waals surface area contributed by atoms with Crippen LogP contribution in [0.25, 0.3) is 5.70 Å². The molecular weight excluding hydrogens is 363 g/mol. The van der Waals surface area contributed by atoms with E-state index in [4.69, 9.17) is 34.7 Å². The zero-order valence-corrected chi connectivity index (χ0v) is 15.9. The van der Waals surface area contributed by atoms with Gasteiger partial charge in [-0.1, -0.05) is 29.3 Å². The van der Waals surface area contributed by atoms with Crippen molar-refractivity contribution in [3.8, 4) is 0 Å². The Morgan fingerprint density at radius 3 is 2.48 bits per heavy atom. The number of amides is 1. The molecule has 0 aromatic heterocycles. The van der Waals surface area contributed by atoms with Gasteiger partial charge in [-0.15, -0.1) is 0 Å². The van der Waals surface area contributed by atoms with Crippen molar-refractivity contribution in [3.63, 3.8) is 0 Å². The van der Waals surface area contributed by atoms with Crippen molar-refractivity contribution in [2.45, 2.75) is 25.5 Å². The molecule has 1 aromatic rings. The van der Waals surface area contributed by atoms with Crippen molar-refractivity contribution in [1.29, 1.82) is 0 Å². The summed E-state index contributed by atoms with van der Waals surface area (Å²) in [6.45, 7) is 4.31. The molecule has 0 fully saturated rings. The quantitative estimate of drug-likeness (QED) is 0.686. The van der Waals surface area contributed by atoms with Crippen LogP contribution in [0.15, 0.2) is 28.8 Å². The highest BCUT2D eigenvalue weighted by Gasteiger charge is 2.33. The van der Waals surface area contributed by atoms with E-state index >= 15 is 0 Å². The Hall–Kier alpha value is -1.60. The lowest BCUT2D eigenvalue weighted by atomic mass is 9.94. The maximum atomic E-state index is 12.1. The van der Waals surface area contributed by atoms with E-state index in [2.05, 4.69) is 4.99 Å². The zero-order valence-electron chi connectivity index (χ0n) is 14.4. The first-order chi connectivity index (χ1) is 11.5. The number of benzene rings is 1. The molecule has 6 nitrogen and oxygen atoms in total. The zero-order chi connectivity index (χ0) is 18.9. The van der Waals surface area contributed by atoms with E-state index in [1.54, 1.807) is 32.0 Å². The van der Waals surface area contributed by atoms with Gasteiger partial charge in [0.05, 0.1) is 38.7 Å². The van der Waals surface area contributed by atoms with Gasteiger partial charge in [-0.05, 0) is 38.6 Å². The molecular formula is C17H22Cl2N4O2. The third-order valence-electron chi connectivity index (χ3n) is 4.07. The Kier molecular flexibility index (Phi) is 5.79. The van der Waals surface area contributed by atoms with Gasteiger partial charge in [0.25, 0.3) is 5.91 Å². The number of rotatable bonds is 4. The number of aliphatic hydroxyl groups is 1. The molecule has 0 radical (unpaired) electrons. The SMILES string of the molecule is CN1CC(C(C(N)=O)=C(N)c2ccc(Cl)c(Cl)c2)=NC(C(C)(C)O)C1. The molecule has 1 amide bonds. The summed E-state index contributed by atoms with van der Waals surface area (Å²) in [6, 6.07) is 4.42. The molecule has 5 N–H and O–H groups in total. The number of halogens is 2. The summed E-state index contributed by atoms with van der Waals surface area (Å²) in [5.74, 6) is -0.688. The standard InChI is InChI=1S/C17H22Cl2N4O2/c1-17(2,25)13-8-23(3)7-12(22-13)14(16(21)24)15(20)9-4-5-10(18)11(19)6-9/h4-6,13,25H,7-8,20H2,1-3H3,(H2,21,24). The van der Waals surface area contributed by atoms with Crippen LogP contribution in [0.2, 0.25) is 10.0 Å². The van der Waals surface area contributed by atoms with Crippen LogP contribution in [-0.4, -0.2) is 53.4 Å². The van der Waals surface area contributed by atoms with Gasteiger partial charge in [0.1, 0.15) is 0 Å². The lowest BCUT2D eigenvalue weighted by Gasteiger charge is -2.35. The van der Waals surface area contributed by atoms with Crippen molar-refractivity contribution in [3.05, 3.63) is 39.4 Å². The van der Waals surface area contributed by atoms with Gasteiger partial charge in [-0.3, -0.25) is 14.7 Å². The first kappa shape index (κ1) is 19.7. The van der Waals surface area contributed by atoms with Crippen LogP contribution in [0.5, 0.6) is 0 Å². The van der Waals surface area contributed by atoms with E-state index in [1.807, 2.05) is 11.9 Å². The Labute approximate surface area is 157 Å². The largest absolute Gasteiger partial charge is 0.398 e. The molecule has 1 unspecified atom stereocenters. The average Bonchev–Trinajstić information content (AvgIpc) is 2.48. The molecule has 1 heterocycles. The minimum absolute atomic E-state index is 0.124. The fourth-order valence-electron chi connectivity index (χ4n) is 2.65. The van der Waals surface area contributed by atoms with Gasteiger partial charge < -0.3 is 16.6 Å². The summed E-state index contributed by atoms with van der Waals surface area (Å²) >= 11 is 12.0. The molecule has 2 rings (SSSR count). The maximum absolute atomic E-state index is 12.1. The second-order valence-corrected chi connectivity index (χ2v) is 7.54. The monoisotopic (exact) mass is 384 g/mol. The van der Waals surface area contributed by atoms with Crippen LogP contribution in [-0.2, 0) is 4.79 Å². The van der Waals surface area contributed by atoms with Gasteiger partial charge in [0.15, 0.2) is 0 Å². The predicted octanol–water partition coefficient (Wildman–Crippen LogP) is 1.67. The highest BCUT2D eigenvalue weighted by molar-refractivity contribution is 6.42. The van der Waals surface area contributed by atoms with E-state index in [9.17, 15) is 9.90 Å². The Bertz CT molecular complexity index is 754. The summed E-state index contributed by atoms with van der Waals surface area (Å²) in [5, 5.41) is 11.0. The molecule has 0 saturated heterocycles. The minimum atomic E-state index is -1.04. The summed E-state index contributed by atoms with van der Waals surface area (Å²) < 4.78 is 0. The summed E-state index contributed by atoms with van der Waals surface area (Å²) in [7, 11) is 1.88. The summed E-state index contributed by atoms with van der Waals surface area (Å²) in [4.78, 5) is 18.6. The number of hydrogen-bond acceptors (Lipinski definition) is 5. The second-order valence-electron chi connectivity index (χ2n) is 6.72. The molecule has 25 heavy (non-hydrogen) atoms. The van der Waals surface area contributed by atoms with Crippen molar-refractivity contribution >= 4 is 40.5 Å². The number of aliphatic imine (C=N–C) groups is 1. The van der Waals surface area contributed by atoms with E-state index < -0.39 is 17.6 Å². The molecule has 1 aliphatic rings. The van der Waals surface area contributed by atoms with E-state index in [1.165, 1.54) is 0 Å². The summed E-state index contributed by atoms with van der Waals surface area (Å²) in [5.41, 5.74) is 12.0. The maximum Gasteiger partial charge on any atom is 0.252 e. The number of carbonyl (C=O) groups excluding carboxylic acids is 1. The predicted molar refractivity (Wildman–Crippen MR) is 102 cm³/mol. The minimum Gasteiger partial charge on any atom is -0.398 e. The molecule has 0 saturated carbocycles. The number of nitrogens with two attached hydrogens (primary N) is 2. The van der Waals surface area contributed by atoms with Gasteiger partial charge >= 0.3 is 0 Å². The van der Waals surface area contributed by atoms with Crippen LogP contribution in [0.3, 0.4) is 0 Å². The van der Waals surface area contributed by atoms with E-state index in [0.29, 0.717) is 34.4 Å². The Balaban J connectivity index is 2.57. The van der Waals surface area contributed by atoms with Crippen LogP contribution >= 0.6 is 23.2 Å². The van der Waals surface area contributed by atoms with Gasteiger partial charge in [-0.2, -0.15) is 0 Å². The van der Waals surface area contributed by atoms with Gasteiger partial charge in [0, 0.05) is 13.1 Å². The molecule has 0 aliphatic carbocycles. The fraction of sp³-hybridized carbons (Fsp3) is 0.412. The fourth-order valence-corrected chi connectivity index (χ4v) is 2.95. The molecule has 1 atom stereocenters. The molecule has 8 heteroatoms. The number of primary amides is 1. The van der Waals surface area contributed by atoms with Gasteiger partial charge in [0.2, 0.25) is 0 Å². The van der Waals surface area contributed by atoms with E-state index in [-0.39, 0.29) is 11.3 Å². The van der Waals surface area contributed by atoms with Crippen LogP contribution in [0, 0.1) is 0 Å². The summed E-state index contributed by atoms with van der Waals surface area (Å²) in [6.07, 6.45) is 0. The molecule has 0 spiro atoms. The van der Waals surface area contributed by atoms with Gasteiger partial charge in [-0.25, -0.2) is 0 Å². The Morgan fingerprint density at radius 1 is 1.32 bits per heavy atom. The van der Waals surface area contributed by atoms with Crippen LogP contribution in [0.4, 0.5) is 0 Å². The average molecular weight is 385 g/mol. The molecule has 1 aromatic carbocycles. The normalized spacial score (nSPS) is 20.1. The highest BCUT2D eigenvalue weighted by Crippen LogP contribution is 2.27. The first-order valence-corrected chi connectivity index (χ1v) is 8.49. The third kappa shape index (κ3) is 4.52. The Morgan fingerprint density at radius 2 is 1.96 bits per heavy atom. The van der Waals surface area contributed by atoms with Crippen molar-refractivity contribution in [1.82, 2.24) is 4.90 Å². The van der Waals surface area contributed by atoms with Crippen molar-refractivity contribution in [2.24, 2.45) is 16.5 Å². The molecule has 0 bridgehead atoms. The van der Waals surface area contributed by atoms with Crippen molar-refractivity contribution in [2.75, 3.05) is 20.1 Å². The molecule has 1 aliphatic heterocycles. The topological polar surface area (TPSA) is 105 Å². The molecule has 136 valence electrons. The smallest absolute Gasteiger partial charge is 0.252 e. The highest BCUT2D eigenvalue weighted by atomic mass is 35.5. The number of carbonyl (C=O) groups is 1. The number of hydrogen-bond donors (Lipinski definition) is 3. The number of likely N-dealkylation sites (N-methyl/N-ethyl adjacent to an activating group) is 1. The van der Waals surface area contributed by atoms with Crippen LogP contribution in [0.1, 0.15) is 19.4 Å². The first-order valence-electron chi connectivity index (χ1n) is 7.73. The second kappa shape index (κ2) is 7.33. The lowest BCUT2D eigenvalue weighted by Crippen LogP contribution is -2.49. The third-order valence-corrected chi connectivity index (χ3v) is 4.81. The number of nitrogens with zero attached hydrogens (tertiary/aromatic N) is 2. The van der Waals surface area contributed by atoms with Crippen LogP contribution < -0.4 is 11.5 Å². The van der Waals surface area contributed by atoms with Crippen molar-refractivity contribution < 1.29 is 9.90 Å². The van der Waals surface area contributed by atoms with E-state index in [0.717, 1.165) is 0 Å². The lowest BCUT2D eigenvalue weighted by molar-refractivity contribution is -0.114.